The monoisotopic (exact) mass is 473 g/mol. The molecule has 0 bridgehead atoms. The van der Waals surface area contributed by atoms with Crippen LogP contribution in [0.3, 0.4) is 0 Å². The number of fused-ring (bicyclic) bond motifs is 3. The summed E-state index contributed by atoms with van der Waals surface area (Å²) < 4.78 is 2.25. The molecule has 2 aromatic heterocycles. The van der Waals surface area contributed by atoms with Gasteiger partial charge in [0.25, 0.3) is 0 Å². The Hall–Kier alpha value is -5.02. The van der Waals surface area contributed by atoms with Crippen molar-refractivity contribution in [3.05, 3.63) is 140 Å². The van der Waals surface area contributed by atoms with Gasteiger partial charge in [0.15, 0.2) is 5.82 Å². The van der Waals surface area contributed by atoms with Gasteiger partial charge in [-0.3, -0.25) is 4.57 Å². The number of hydrogen-bond acceptors (Lipinski definition) is 2. The highest BCUT2D eigenvalue weighted by molar-refractivity contribution is 6.14. The average Bonchev–Trinajstić information content (AvgIpc) is 3.32. The molecule has 0 saturated heterocycles. The molecule has 7 rings (SSSR count). The minimum absolute atomic E-state index is 0.716. The summed E-state index contributed by atoms with van der Waals surface area (Å²) in [5.74, 6) is 0.716. The van der Waals surface area contributed by atoms with Gasteiger partial charge < -0.3 is 0 Å². The van der Waals surface area contributed by atoms with Crippen molar-refractivity contribution in [1.29, 1.82) is 0 Å². The molecule has 0 aliphatic carbocycles. The highest BCUT2D eigenvalue weighted by Gasteiger charge is 2.20. The van der Waals surface area contributed by atoms with Crippen LogP contribution in [-0.2, 0) is 0 Å². The second kappa shape index (κ2) is 8.89. The predicted octanol–water partition coefficient (Wildman–Crippen LogP) is 8.57. The first-order valence-electron chi connectivity index (χ1n) is 12.4. The molecule has 174 valence electrons. The third kappa shape index (κ3) is 3.69. The molecule has 2 heterocycles. The molecule has 37 heavy (non-hydrogen) atoms. The van der Waals surface area contributed by atoms with E-state index in [1.165, 1.54) is 5.56 Å². The number of aromatic nitrogens is 3. The molecular formula is C34H23N3. The SMILES string of the molecule is c1ccc(-c2cccc(-c3nc(-c4ccccc4)nc4c3c3ccccc3n4-c3ccccc3)c2)cc1. The van der Waals surface area contributed by atoms with Crippen molar-refractivity contribution in [2.45, 2.75) is 0 Å². The third-order valence-corrected chi connectivity index (χ3v) is 6.81. The number of hydrogen-bond donors (Lipinski definition) is 0. The zero-order valence-electron chi connectivity index (χ0n) is 20.1. The van der Waals surface area contributed by atoms with Gasteiger partial charge >= 0.3 is 0 Å². The van der Waals surface area contributed by atoms with Gasteiger partial charge in [0, 0.05) is 22.2 Å². The fourth-order valence-corrected chi connectivity index (χ4v) is 5.09. The fourth-order valence-electron chi connectivity index (χ4n) is 5.09. The van der Waals surface area contributed by atoms with Crippen molar-refractivity contribution < 1.29 is 0 Å². The smallest absolute Gasteiger partial charge is 0.162 e. The van der Waals surface area contributed by atoms with E-state index in [0.717, 1.165) is 50.0 Å². The molecule has 0 saturated carbocycles. The van der Waals surface area contributed by atoms with Crippen molar-refractivity contribution in [3.63, 3.8) is 0 Å². The van der Waals surface area contributed by atoms with Gasteiger partial charge in [-0.2, -0.15) is 0 Å². The summed E-state index contributed by atoms with van der Waals surface area (Å²) in [5.41, 5.74) is 8.45. The van der Waals surface area contributed by atoms with E-state index in [1.54, 1.807) is 0 Å². The van der Waals surface area contributed by atoms with Crippen molar-refractivity contribution in [2.24, 2.45) is 0 Å². The average molecular weight is 474 g/mol. The molecule has 5 aromatic carbocycles. The number of para-hydroxylation sites is 2. The van der Waals surface area contributed by atoms with E-state index in [4.69, 9.17) is 9.97 Å². The van der Waals surface area contributed by atoms with Crippen LogP contribution in [0.25, 0.3) is 61.4 Å². The number of benzene rings is 5. The van der Waals surface area contributed by atoms with E-state index in [-0.39, 0.29) is 0 Å². The lowest BCUT2D eigenvalue weighted by Gasteiger charge is -2.11. The minimum Gasteiger partial charge on any atom is -0.294 e. The second-order valence-corrected chi connectivity index (χ2v) is 9.10. The lowest BCUT2D eigenvalue weighted by Crippen LogP contribution is -1.99. The lowest BCUT2D eigenvalue weighted by atomic mass is 9.99. The Bertz CT molecular complexity index is 1850. The van der Waals surface area contributed by atoms with Crippen molar-refractivity contribution in [3.8, 4) is 39.5 Å². The van der Waals surface area contributed by atoms with Crippen LogP contribution in [-0.4, -0.2) is 14.5 Å². The first kappa shape index (κ1) is 21.3. The van der Waals surface area contributed by atoms with Crippen LogP contribution >= 0.6 is 0 Å². The van der Waals surface area contributed by atoms with Gasteiger partial charge in [-0.15, -0.1) is 0 Å². The molecule has 3 heteroatoms. The van der Waals surface area contributed by atoms with Gasteiger partial charge in [0.05, 0.1) is 16.6 Å². The molecule has 0 atom stereocenters. The molecule has 0 amide bonds. The standard InChI is InChI=1S/C34H23N3/c1-4-13-24(14-5-1)26-17-12-18-27(23-26)32-31-29-21-10-11-22-30(29)37(28-19-8-3-9-20-28)34(31)36-33(35-32)25-15-6-2-7-16-25/h1-23H. The van der Waals surface area contributed by atoms with Crippen LogP contribution in [0.5, 0.6) is 0 Å². The molecule has 0 radical (unpaired) electrons. The normalized spacial score (nSPS) is 11.2. The van der Waals surface area contributed by atoms with E-state index in [9.17, 15) is 0 Å². The minimum atomic E-state index is 0.716. The molecule has 7 aromatic rings. The molecule has 0 spiro atoms. The van der Waals surface area contributed by atoms with Gasteiger partial charge in [-0.25, -0.2) is 9.97 Å². The topological polar surface area (TPSA) is 30.7 Å². The predicted molar refractivity (Wildman–Crippen MR) is 153 cm³/mol. The van der Waals surface area contributed by atoms with Gasteiger partial charge in [-0.1, -0.05) is 115 Å². The van der Waals surface area contributed by atoms with E-state index < -0.39 is 0 Å². The van der Waals surface area contributed by atoms with Crippen LogP contribution in [0.4, 0.5) is 0 Å². The zero-order valence-corrected chi connectivity index (χ0v) is 20.1. The summed E-state index contributed by atoms with van der Waals surface area (Å²) in [4.78, 5) is 10.4. The molecule has 0 aliphatic rings. The number of nitrogens with zero attached hydrogens (tertiary/aromatic N) is 3. The van der Waals surface area contributed by atoms with Crippen molar-refractivity contribution in [2.75, 3.05) is 0 Å². The van der Waals surface area contributed by atoms with Crippen LogP contribution in [0.1, 0.15) is 0 Å². The van der Waals surface area contributed by atoms with Crippen molar-refractivity contribution >= 4 is 21.9 Å². The van der Waals surface area contributed by atoms with E-state index >= 15 is 0 Å². The molecule has 0 N–H and O–H groups in total. The van der Waals surface area contributed by atoms with Gasteiger partial charge in [0.2, 0.25) is 0 Å². The maximum Gasteiger partial charge on any atom is 0.162 e. The second-order valence-electron chi connectivity index (χ2n) is 9.10. The molecule has 0 aliphatic heterocycles. The zero-order chi connectivity index (χ0) is 24.6. The Labute approximate surface area is 215 Å². The summed E-state index contributed by atoms with van der Waals surface area (Å²) in [7, 11) is 0. The fraction of sp³-hybridized carbons (Fsp3) is 0. The van der Waals surface area contributed by atoms with Gasteiger partial charge in [0.1, 0.15) is 5.65 Å². The Morgan fingerprint density at radius 2 is 1.05 bits per heavy atom. The highest BCUT2D eigenvalue weighted by Crippen LogP contribution is 2.38. The Morgan fingerprint density at radius 1 is 0.459 bits per heavy atom. The molecular weight excluding hydrogens is 450 g/mol. The van der Waals surface area contributed by atoms with E-state index in [2.05, 4.69) is 114 Å². The van der Waals surface area contributed by atoms with Crippen LogP contribution < -0.4 is 0 Å². The Morgan fingerprint density at radius 3 is 1.81 bits per heavy atom. The molecule has 3 nitrogen and oxygen atoms in total. The quantitative estimate of drug-likeness (QED) is 0.256. The van der Waals surface area contributed by atoms with Crippen LogP contribution in [0.15, 0.2) is 140 Å². The van der Waals surface area contributed by atoms with Crippen LogP contribution in [0.2, 0.25) is 0 Å². The summed E-state index contributed by atoms with van der Waals surface area (Å²) in [6, 6.07) is 48.3. The number of rotatable bonds is 4. The van der Waals surface area contributed by atoms with E-state index in [0.29, 0.717) is 5.82 Å². The van der Waals surface area contributed by atoms with Gasteiger partial charge in [-0.05, 0) is 35.4 Å². The first-order valence-corrected chi connectivity index (χ1v) is 12.4. The molecule has 0 unspecified atom stereocenters. The summed E-state index contributed by atoms with van der Waals surface area (Å²) in [5, 5.41) is 2.20. The van der Waals surface area contributed by atoms with E-state index in [1.807, 2.05) is 30.3 Å². The third-order valence-electron chi connectivity index (χ3n) is 6.81. The highest BCUT2D eigenvalue weighted by atomic mass is 15.1. The first-order chi connectivity index (χ1) is 18.4. The summed E-state index contributed by atoms with van der Waals surface area (Å²) in [6.07, 6.45) is 0. The summed E-state index contributed by atoms with van der Waals surface area (Å²) >= 11 is 0. The maximum atomic E-state index is 5.21. The maximum absolute atomic E-state index is 5.21. The van der Waals surface area contributed by atoms with Crippen molar-refractivity contribution in [1.82, 2.24) is 14.5 Å². The van der Waals surface area contributed by atoms with Crippen LogP contribution in [0, 0.1) is 0 Å². The lowest BCUT2D eigenvalue weighted by molar-refractivity contribution is 1.11. The summed E-state index contributed by atoms with van der Waals surface area (Å²) in [6.45, 7) is 0. The largest absolute Gasteiger partial charge is 0.294 e. The Kier molecular flexibility index (Phi) is 5.11. The Balaban J connectivity index is 1.59. The molecule has 0 fully saturated rings.